The number of likely N-dealkylation sites (tertiary alicyclic amines) is 1. The lowest BCUT2D eigenvalue weighted by molar-refractivity contribution is -0.385. The quantitative estimate of drug-likeness (QED) is 0.671. The number of carbonyl (C=O) groups is 1. The monoisotopic (exact) mass is 278 g/mol. The van der Waals surface area contributed by atoms with Gasteiger partial charge in [0.1, 0.15) is 5.56 Å². The molecule has 1 saturated heterocycles. The maximum atomic E-state index is 12.4. The standard InChI is InChI=1S/C14H18N2O4/c1-10-2-3-13(16(19)20)12(8-10)14(18)15-6-4-11(9-15)5-7-17/h2-3,8,11,17H,4-7,9H2,1H3. The van der Waals surface area contributed by atoms with Crippen molar-refractivity contribution < 1.29 is 14.8 Å². The Morgan fingerprint density at radius 1 is 1.55 bits per heavy atom. The van der Waals surface area contributed by atoms with Crippen LogP contribution in [-0.2, 0) is 0 Å². The number of aliphatic hydroxyl groups excluding tert-OH is 1. The zero-order valence-electron chi connectivity index (χ0n) is 11.4. The Morgan fingerprint density at radius 2 is 2.30 bits per heavy atom. The van der Waals surface area contributed by atoms with Gasteiger partial charge in [-0.25, -0.2) is 0 Å². The third-order valence-corrected chi connectivity index (χ3v) is 3.69. The minimum absolute atomic E-state index is 0.108. The smallest absolute Gasteiger partial charge is 0.282 e. The van der Waals surface area contributed by atoms with Crippen molar-refractivity contribution in [3.63, 3.8) is 0 Å². The Balaban J connectivity index is 2.21. The summed E-state index contributed by atoms with van der Waals surface area (Å²) in [6.45, 7) is 3.06. The minimum Gasteiger partial charge on any atom is -0.396 e. The molecule has 0 aromatic heterocycles. The molecular weight excluding hydrogens is 260 g/mol. The van der Waals surface area contributed by atoms with E-state index in [1.807, 2.05) is 0 Å². The van der Waals surface area contributed by atoms with E-state index in [2.05, 4.69) is 0 Å². The third kappa shape index (κ3) is 2.96. The lowest BCUT2D eigenvalue weighted by atomic mass is 10.1. The summed E-state index contributed by atoms with van der Waals surface area (Å²) >= 11 is 0. The Hall–Kier alpha value is -1.95. The van der Waals surface area contributed by atoms with Gasteiger partial charge in [0.15, 0.2) is 0 Å². The van der Waals surface area contributed by atoms with E-state index in [1.165, 1.54) is 6.07 Å². The fourth-order valence-electron chi connectivity index (χ4n) is 2.59. The van der Waals surface area contributed by atoms with E-state index in [9.17, 15) is 14.9 Å². The summed E-state index contributed by atoms with van der Waals surface area (Å²) in [5, 5.41) is 20.0. The average Bonchev–Trinajstić information content (AvgIpc) is 2.86. The van der Waals surface area contributed by atoms with Gasteiger partial charge in [0.2, 0.25) is 0 Å². The molecule has 0 saturated carbocycles. The predicted octanol–water partition coefficient (Wildman–Crippen LogP) is 1.75. The summed E-state index contributed by atoms with van der Waals surface area (Å²) in [6, 6.07) is 4.58. The summed E-state index contributed by atoms with van der Waals surface area (Å²) < 4.78 is 0. The van der Waals surface area contributed by atoms with Gasteiger partial charge >= 0.3 is 0 Å². The van der Waals surface area contributed by atoms with E-state index < -0.39 is 4.92 Å². The van der Waals surface area contributed by atoms with Gasteiger partial charge in [-0.2, -0.15) is 0 Å². The average molecular weight is 278 g/mol. The molecule has 108 valence electrons. The van der Waals surface area contributed by atoms with E-state index in [-0.39, 0.29) is 29.7 Å². The molecule has 1 aromatic carbocycles. The zero-order chi connectivity index (χ0) is 14.7. The highest BCUT2D eigenvalue weighted by molar-refractivity contribution is 5.98. The van der Waals surface area contributed by atoms with E-state index in [0.717, 1.165) is 12.0 Å². The number of hydrogen-bond donors (Lipinski definition) is 1. The molecule has 1 amide bonds. The molecule has 0 spiro atoms. The maximum absolute atomic E-state index is 12.4. The summed E-state index contributed by atoms with van der Waals surface area (Å²) in [4.78, 5) is 24.6. The highest BCUT2D eigenvalue weighted by Crippen LogP contribution is 2.26. The van der Waals surface area contributed by atoms with Crippen molar-refractivity contribution in [2.45, 2.75) is 19.8 Å². The van der Waals surface area contributed by atoms with Gasteiger partial charge < -0.3 is 10.0 Å². The summed E-state index contributed by atoms with van der Waals surface area (Å²) in [5.74, 6) is -0.00587. The van der Waals surface area contributed by atoms with E-state index in [1.54, 1.807) is 24.0 Å². The summed E-state index contributed by atoms with van der Waals surface area (Å²) in [5.41, 5.74) is 0.830. The first-order chi connectivity index (χ1) is 9.52. The van der Waals surface area contributed by atoms with Gasteiger partial charge in [-0.15, -0.1) is 0 Å². The number of nitro benzene ring substituents is 1. The topological polar surface area (TPSA) is 83.7 Å². The summed E-state index contributed by atoms with van der Waals surface area (Å²) in [6.07, 6.45) is 1.51. The van der Waals surface area contributed by atoms with Crippen LogP contribution in [0.1, 0.15) is 28.8 Å². The minimum atomic E-state index is -0.520. The van der Waals surface area contributed by atoms with Gasteiger partial charge in [-0.05, 0) is 37.3 Å². The maximum Gasteiger partial charge on any atom is 0.282 e. The fourth-order valence-corrected chi connectivity index (χ4v) is 2.59. The number of benzene rings is 1. The van der Waals surface area contributed by atoms with E-state index in [4.69, 9.17) is 5.11 Å². The van der Waals surface area contributed by atoms with Crippen LogP contribution in [0.25, 0.3) is 0 Å². The first kappa shape index (κ1) is 14.5. The molecule has 0 bridgehead atoms. The van der Waals surface area contributed by atoms with Gasteiger partial charge in [0, 0.05) is 25.8 Å². The molecule has 6 heteroatoms. The highest BCUT2D eigenvalue weighted by atomic mass is 16.6. The number of hydrogen-bond acceptors (Lipinski definition) is 4. The zero-order valence-corrected chi connectivity index (χ0v) is 11.4. The molecule has 1 atom stereocenters. The molecule has 2 rings (SSSR count). The molecule has 1 heterocycles. The largest absolute Gasteiger partial charge is 0.396 e. The number of nitro groups is 1. The molecular formula is C14H18N2O4. The SMILES string of the molecule is Cc1ccc([N+](=O)[O-])c(C(=O)N2CCC(CCO)C2)c1. The van der Waals surface area contributed by atoms with Crippen LogP contribution < -0.4 is 0 Å². The molecule has 1 fully saturated rings. The van der Waals surface area contributed by atoms with Crippen molar-refractivity contribution in [3.05, 3.63) is 39.4 Å². The Labute approximate surface area is 117 Å². The Bertz CT molecular complexity index is 530. The molecule has 6 nitrogen and oxygen atoms in total. The number of aliphatic hydroxyl groups is 1. The van der Waals surface area contributed by atoms with Crippen molar-refractivity contribution in [2.75, 3.05) is 19.7 Å². The third-order valence-electron chi connectivity index (χ3n) is 3.69. The van der Waals surface area contributed by atoms with Crippen LogP contribution in [0.5, 0.6) is 0 Å². The molecule has 0 aliphatic carbocycles. The van der Waals surface area contributed by atoms with Crippen LogP contribution >= 0.6 is 0 Å². The first-order valence-electron chi connectivity index (χ1n) is 6.68. The van der Waals surface area contributed by atoms with Crippen LogP contribution in [0.4, 0.5) is 5.69 Å². The second-order valence-electron chi connectivity index (χ2n) is 5.20. The van der Waals surface area contributed by atoms with Crippen LogP contribution in [0, 0.1) is 23.0 Å². The van der Waals surface area contributed by atoms with E-state index in [0.29, 0.717) is 19.5 Å². The number of amides is 1. The molecule has 1 aliphatic heterocycles. The molecule has 1 N–H and O–H groups in total. The second kappa shape index (κ2) is 6.00. The molecule has 1 aliphatic rings. The highest BCUT2D eigenvalue weighted by Gasteiger charge is 2.30. The molecule has 0 radical (unpaired) electrons. The summed E-state index contributed by atoms with van der Waals surface area (Å²) in [7, 11) is 0. The van der Waals surface area contributed by atoms with Crippen LogP contribution in [0.2, 0.25) is 0 Å². The molecule has 1 unspecified atom stereocenters. The number of aryl methyl sites for hydroxylation is 1. The lowest BCUT2D eigenvalue weighted by Gasteiger charge is -2.16. The van der Waals surface area contributed by atoms with Crippen LogP contribution in [-0.4, -0.2) is 40.5 Å². The molecule has 20 heavy (non-hydrogen) atoms. The van der Waals surface area contributed by atoms with Gasteiger partial charge in [-0.3, -0.25) is 14.9 Å². The van der Waals surface area contributed by atoms with Crippen molar-refractivity contribution in [1.29, 1.82) is 0 Å². The normalized spacial score (nSPS) is 18.3. The van der Waals surface area contributed by atoms with Crippen molar-refractivity contribution in [3.8, 4) is 0 Å². The fraction of sp³-hybridized carbons (Fsp3) is 0.500. The predicted molar refractivity (Wildman–Crippen MR) is 73.5 cm³/mol. The number of carbonyl (C=O) groups excluding carboxylic acids is 1. The van der Waals surface area contributed by atoms with E-state index >= 15 is 0 Å². The Kier molecular flexibility index (Phi) is 4.34. The van der Waals surface area contributed by atoms with Crippen molar-refractivity contribution in [1.82, 2.24) is 4.90 Å². The number of nitrogens with zero attached hydrogens (tertiary/aromatic N) is 2. The second-order valence-corrected chi connectivity index (χ2v) is 5.20. The Morgan fingerprint density at radius 3 is 2.95 bits per heavy atom. The molecule has 1 aromatic rings. The van der Waals surface area contributed by atoms with Crippen LogP contribution in [0.15, 0.2) is 18.2 Å². The van der Waals surface area contributed by atoms with Crippen LogP contribution in [0.3, 0.4) is 0 Å². The van der Waals surface area contributed by atoms with Gasteiger partial charge in [0.05, 0.1) is 4.92 Å². The van der Waals surface area contributed by atoms with Gasteiger partial charge in [0.25, 0.3) is 11.6 Å². The van der Waals surface area contributed by atoms with Crippen molar-refractivity contribution in [2.24, 2.45) is 5.92 Å². The first-order valence-corrected chi connectivity index (χ1v) is 6.68. The lowest BCUT2D eigenvalue weighted by Crippen LogP contribution is -2.29. The number of rotatable bonds is 4. The van der Waals surface area contributed by atoms with Crippen molar-refractivity contribution >= 4 is 11.6 Å². The van der Waals surface area contributed by atoms with Gasteiger partial charge in [-0.1, -0.05) is 6.07 Å².